The highest BCUT2D eigenvalue weighted by atomic mass is 32.1. The number of amides is 3. The molecular weight excluding hydrogens is 292 g/mol. The van der Waals surface area contributed by atoms with Gasteiger partial charge < -0.3 is 9.84 Å². The van der Waals surface area contributed by atoms with Crippen LogP contribution in [-0.4, -0.2) is 32.5 Å². The average molecular weight is 306 g/mol. The Labute approximate surface area is 124 Å². The molecule has 21 heavy (non-hydrogen) atoms. The van der Waals surface area contributed by atoms with E-state index in [1.54, 1.807) is 25.2 Å². The van der Waals surface area contributed by atoms with Crippen LogP contribution >= 0.6 is 11.3 Å². The first-order chi connectivity index (χ1) is 9.88. The van der Waals surface area contributed by atoms with Crippen molar-refractivity contribution in [2.24, 2.45) is 0 Å². The Balaban J connectivity index is 1.81. The Morgan fingerprint density at radius 1 is 1.38 bits per heavy atom. The summed E-state index contributed by atoms with van der Waals surface area (Å²) in [4.78, 5) is 29.2. The Morgan fingerprint density at radius 3 is 2.71 bits per heavy atom. The molecule has 0 unspecified atom stereocenters. The van der Waals surface area contributed by atoms with Crippen LogP contribution in [-0.2, 0) is 11.3 Å². The summed E-state index contributed by atoms with van der Waals surface area (Å²) < 4.78 is 5.20. The van der Waals surface area contributed by atoms with Crippen molar-refractivity contribution in [2.45, 2.75) is 32.9 Å². The monoisotopic (exact) mass is 306 g/mol. The minimum absolute atomic E-state index is 0.000775. The quantitative estimate of drug-likeness (QED) is 0.875. The van der Waals surface area contributed by atoms with Crippen molar-refractivity contribution in [2.75, 3.05) is 0 Å². The number of urea groups is 1. The van der Waals surface area contributed by atoms with Gasteiger partial charge in [0.15, 0.2) is 5.82 Å². The predicted octanol–water partition coefficient (Wildman–Crippen LogP) is 1.94. The van der Waals surface area contributed by atoms with Gasteiger partial charge in [0.1, 0.15) is 5.54 Å². The number of nitrogens with one attached hydrogen (secondary N) is 1. The molecule has 3 rings (SSSR count). The predicted molar refractivity (Wildman–Crippen MR) is 75.5 cm³/mol. The van der Waals surface area contributed by atoms with Crippen LogP contribution in [0.1, 0.15) is 25.2 Å². The molecule has 1 aliphatic rings. The third kappa shape index (κ3) is 2.31. The van der Waals surface area contributed by atoms with Gasteiger partial charge in [-0.1, -0.05) is 5.16 Å². The maximum absolute atomic E-state index is 12.1. The molecule has 1 saturated heterocycles. The minimum atomic E-state index is -0.895. The lowest BCUT2D eigenvalue weighted by Crippen LogP contribution is -2.40. The molecular formula is C13H14N4O3S. The molecule has 0 aromatic carbocycles. The minimum Gasteiger partial charge on any atom is -0.334 e. The van der Waals surface area contributed by atoms with Gasteiger partial charge in [-0.15, -0.1) is 0 Å². The van der Waals surface area contributed by atoms with Gasteiger partial charge in [0.2, 0.25) is 0 Å². The fourth-order valence-electron chi connectivity index (χ4n) is 2.11. The van der Waals surface area contributed by atoms with Crippen LogP contribution in [0.5, 0.6) is 0 Å². The second-order valence-corrected chi connectivity index (χ2v) is 6.17. The molecule has 2 aromatic rings. The highest BCUT2D eigenvalue weighted by Gasteiger charge is 2.44. The van der Waals surface area contributed by atoms with E-state index in [2.05, 4.69) is 15.5 Å². The van der Waals surface area contributed by atoms with Gasteiger partial charge >= 0.3 is 6.03 Å². The Kier molecular flexibility index (Phi) is 3.05. The van der Waals surface area contributed by atoms with E-state index in [-0.39, 0.29) is 12.5 Å². The molecule has 110 valence electrons. The molecule has 0 aliphatic carbocycles. The molecule has 0 saturated carbocycles. The normalized spacial score (nSPS) is 17.4. The number of aromatic nitrogens is 2. The summed E-state index contributed by atoms with van der Waals surface area (Å²) in [7, 11) is 0. The first-order valence-electron chi connectivity index (χ1n) is 6.38. The lowest BCUT2D eigenvalue weighted by molar-refractivity contribution is -0.130. The molecule has 1 fully saturated rings. The standard InChI is InChI=1S/C13H14N4O3S/c1-7-5-21-6-8(7)10-14-9(16-20-10)4-17-11(18)13(2,3)15-12(17)19/h5-6H,4H2,1-3H3,(H,15,19). The summed E-state index contributed by atoms with van der Waals surface area (Å²) in [6.45, 7) is 5.27. The lowest BCUT2D eigenvalue weighted by atomic mass is 10.1. The van der Waals surface area contributed by atoms with E-state index in [1.165, 1.54) is 0 Å². The molecule has 0 atom stereocenters. The number of carbonyl (C=O) groups is 2. The summed E-state index contributed by atoms with van der Waals surface area (Å²) >= 11 is 1.55. The first kappa shape index (κ1) is 13.7. The highest BCUT2D eigenvalue weighted by Crippen LogP contribution is 2.26. The summed E-state index contributed by atoms with van der Waals surface area (Å²) in [6.07, 6.45) is 0. The van der Waals surface area contributed by atoms with E-state index in [1.807, 2.05) is 17.7 Å². The van der Waals surface area contributed by atoms with Crippen LogP contribution in [0.2, 0.25) is 0 Å². The van der Waals surface area contributed by atoms with E-state index in [9.17, 15) is 9.59 Å². The lowest BCUT2D eigenvalue weighted by Gasteiger charge is -2.14. The summed E-state index contributed by atoms with van der Waals surface area (Å²) in [5.41, 5.74) is 1.02. The Bertz CT molecular complexity index is 719. The Morgan fingerprint density at radius 2 is 2.14 bits per heavy atom. The third-order valence-electron chi connectivity index (χ3n) is 3.30. The number of imide groups is 1. The van der Waals surface area contributed by atoms with Gasteiger partial charge in [-0.3, -0.25) is 9.69 Å². The molecule has 3 heterocycles. The van der Waals surface area contributed by atoms with E-state index >= 15 is 0 Å². The van der Waals surface area contributed by atoms with Crippen molar-refractivity contribution in [1.29, 1.82) is 0 Å². The highest BCUT2D eigenvalue weighted by molar-refractivity contribution is 7.08. The second kappa shape index (κ2) is 4.66. The number of aryl methyl sites for hydroxylation is 1. The molecule has 7 nitrogen and oxygen atoms in total. The van der Waals surface area contributed by atoms with Crippen LogP contribution in [0.4, 0.5) is 4.79 Å². The molecule has 1 N–H and O–H groups in total. The van der Waals surface area contributed by atoms with Gasteiger partial charge in [-0.2, -0.15) is 16.3 Å². The van der Waals surface area contributed by atoms with E-state index in [0.29, 0.717) is 11.7 Å². The van der Waals surface area contributed by atoms with Crippen LogP contribution in [0.25, 0.3) is 11.5 Å². The number of hydrogen-bond acceptors (Lipinski definition) is 6. The average Bonchev–Trinajstić information content (AvgIpc) is 3.06. The summed E-state index contributed by atoms with van der Waals surface area (Å²) in [5.74, 6) is 0.400. The van der Waals surface area contributed by atoms with Gasteiger partial charge in [0.25, 0.3) is 11.8 Å². The van der Waals surface area contributed by atoms with Gasteiger partial charge in [-0.25, -0.2) is 4.79 Å². The van der Waals surface area contributed by atoms with Crippen molar-refractivity contribution < 1.29 is 14.1 Å². The molecule has 3 amide bonds. The van der Waals surface area contributed by atoms with Crippen molar-refractivity contribution in [3.05, 3.63) is 22.1 Å². The van der Waals surface area contributed by atoms with Gasteiger partial charge in [-0.05, 0) is 31.7 Å². The maximum atomic E-state index is 12.1. The third-order valence-corrected chi connectivity index (χ3v) is 4.16. The van der Waals surface area contributed by atoms with Crippen LogP contribution in [0.15, 0.2) is 15.3 Å². The first-order valence-corrected chi connectivity index (χ1v) is 7.32. The van der Waals surface area contributed by atoms with Crippen LogP contribution in [0, 0.1) is 6.92 Å². The van der Waals surface area contributed by atoms with E-state index in [4.69, 9.17) is 4.52 Å². The van der Waals surface area contributed by atoms with Crippen molar-refractivity contribution in [3.63, 3.8) is 0 Å². The number of thiophene rings is 1. The van der Waals surface area contributed by atoms with Crippen molar-refractivity contribution in [3.8, 4) is 11.5 Å². The van der Waals surface area contributed by atoms with Gasteiger partial charge in [0.05, 0.1) is 12.1 Å². The molecule has 0 radical (unpaired) electrons. The summed E-state index contributed by atoms with van der Waals surface area (Å²) in [5, 5.41) is 10.4. The zero-order valence-electron chi connectivity index (χ0n) is 11.8. The molecule has 0 spiro atoms. The molecule has 2 aromatic heterocycles. The Hall–Kier alpha value is -2.22. The number of carbonyl (C=O) groups excluding carboxylic acids is 2. The van der Waals surface area contributed by atoms with Crippen LogP contribution in [0.3, 0.4) is 0 Å². The fraction of sp³-hybridized carbons (Fsp3) is 0.385. The van der Waals surface area contributed by atoms with Crippen molar-refractivity contribution in [1.82, 2.24) is 20.4 Å². The summed E-state index contributed by atoms with van der Waals surface area (Å²) in [6, 6.07) is -0.442. The second-order valence-electron chi connectivity index (χ2n) is 5.43. The maximum Gasteiger partial charge on any atom is 0.325 e. The van der Waals surface area contributed by atoms with E-state index in [0.717, 1.165) is 16.0 Å². The largest absolute Gasteiger partial charge is 0.334 e. The SMILES string of the molecule is Cc1cscc1-c1nc(CN2C(=O)NC(C)(C)C2=O)no1. The zero-order valence-corrected chi connectivity index (χ0v) is 12.7. The molecule has 8 heteroatoms. The fourth-order valence-corrected chi connectivity index (χ4v) is 2.93. The zero-order chi connectivity index (χ0) is 15.2. The topological polar surface area (TPSA) is 88.3 Å². The van der Waals surface area contributed by atoms with Crippen molar-refractivity contribution >= 4 is 23.3 Å². The molecule has 0 bridgehead atoms. The number of nitrogens with zero attached hydrogens (tertiary/aromatic N) is 3. The number of rotatable bonds is 3. The smallest absolute Gasteiger partial charge is 0.325 e. The van der Waals surface area contributed by atoms with Gasteiger partial charge in [0, 0.05) is 5.38 Å². The molecule has 1 aliphatic heterocycles. The van der Waals surface area contributed by atoms with Crippen LogP contribution < -0.4 is 5.32 Å². The van der Waals surface area contributed by atoms with E-state index < -0.39 is 11.6 Å². The number of hydrogen-bond donors (Lipinski definition) is 1.